The Morgan fingerprint density at radius 1 is 1.00 bits per heavy atom. The summed E-state index contributed by atoms with van der Waals surface area (Å²) in [4.78, 5) is 19.1. The number of hydrogen-bond donors (Lipinski definition) is 0. The first-order valence-electron chi connectivity index (χ1n) is 11.5. The Bertz CT molecular complexity index is 1310. The van der Waals surface area contributed by atoms with Crippen molar-refractivity contribution in [2.24, 2.45) is 10.5 Å². The van der Waals surface area contributed by atoms with Crippen LogP contribution in [-0.4, -0.2) is 37.3 Å². The summed E-state index contributed by atoms with van der Waals surface area (Å²) in [5.41, 5.74) is 4.42. The van der Waals surface area contributed by atoms with Crippen LogP contribution in [0.5, 0.6) is 0 Å². The van der Waals surface area contributed by atoms with Gasteiger partial charge in [-0.25, -0.2) is 0 Å². The molecule has 0 radical (unpaired) electrons. The zero-order valence-electron chi connectivity index (χ0n) is 18.8. The van der Waals surface area contributed by atoms with Gasteiger partial charge in [0.15, 0.2) is 0 Å². The molecule has 3 aliphatic rings. The second-order valence-electron chi connectivity index (χ2n) is 9.19. The Kier molecular flexibility index (Phi) is 5.19. The number of carbonyl (C=O) groups excluding carboxylic acids is 1. The predicted octanol–water partition coefficient (Wildman–Crippen LogP) is 5.76. The second kappa shape index (κ2) is 8.14. The maximum absolute atomic E-state index is 14.3. The van der Waals surface area contributed by atoms with Crippen molar-refractivity contribution in [3.05, 3.63) is 87.9 Å². The number of carbonyl (C=O) groups is 1. The third kappa shape index (κ3) is 3.27. The minimum absolute atomic E-state index is 0.0427. The van der Waals surface area contributed by atoms with Gasteiger partial charge in [-0.3, -0.25) is 4.79 Å². The molecule has 5 nitrogen and oxygen atoms in total. The molecule has 0 aliphatic carbocycles. The van der Waals surface area contributed by atoms with E-state index < -0.39 is 5.41 Å². The number of hydrogen-bond acceptors (Lipinski definition) is 4. The van der Waals surface area contributed by atoms with Crippen LogP contribution in [-0.2, 0) is 11.2 Å². The van der Waals surface area contributed by atoms with Crippen LogP contribution in [0, 0.1) is 5.41 Å². The Hall–Kier alpha value is -2.83. The van der Waals surface area contributed by atoms with Crippen molar-refractivity contribution >= 4 is 56.2 Å². The highest BCUT2D eigenvalue weighted by molar-refractivity contribution is 9.10. The van der Waals surface area contributed by atoms with Crippen LogP contribution < -0.4 is 14.8 Å². The van der Waals surface area contributed by atoms with Gasteiger partial charge in [-0.2, -0.15) is 10.1 Å². The van der Waals surface area contributed by atoms with Gasteiger partial charge >= 0.3 is 0 Å². The monoisotopic (exact) mass is 534 g/mol. The molecule has 6 rings (SSSR count). The maximum atomic E-state index is 14.3. The number of hydrazone groups is 1. The molecule has 0 aromatic heterocycles. The molecule has 3 heterocycles. The number of fused-ring (bicyclic) bond motifs is 4. The fraction of sp³-hybridized carbons (Fsp3) is 0.259. The summed E-state index contributed by atoms with van der Waals surface area (Å²) in [7, 11) is 0. The van der Waals surface area contributed by atoms with Gasteiger partial charge in [-0.05, 0) is 67.4 Å². The van der Waals surface area contributed by atoms with E-state index >= 15 is 0 Å². The first-order chi connectivity index (χ1) is 16.5. The van der Waals surface area contributed by atoms with Crippen molar-refractivity contribution in [3.63, 3.8) is 0 Å². The van der Waals surface area contributed by atoms with Gasteiger partial charge in [-0.15, -0.1) is 0 Å². The summed E-state index contributed by atoms with van der Waals surface area (Å²) in [5.74, 6) is 0.0461. The standard InChI is InChI=1S/C27H24BrClN4O/c1-18-27(26(34)33(30-18)22-7-3-2-4-8-22)16-19-14-20(28)10-11-24(19)32-13-12-31(17-25(27)32)23-9-5-6-21(29)15-23/h2-11,14-15,25H,12-13,16-17H2,1H3/t25-,27-/m0/s1. The maximum Gasteiger partial charge on any atom is 0.261 e. The minimum Gasteiger partial charge on any atom is -0.368 e. The highest BCUT2D eigenvalue weighted by Crippen LogP contribution is 2.49. The Balaban J connectivity index is 1.46. The zero-order chi connectivity index (χ0) is 23.4. The topological polar surface area (TPSA) is 39.2 Å². The lowest BCUT2D eigenvalue weighted by Crippen LogP contribution is -2.67. The van der Waals surface area contributed by atoms with Crippen LogP contribution in [0.15, 0.2) is 82.4 Å². The summed E-state index contributed by atoms with van der Waals surface area (Å²) >= 11 is 9.95. The lowest BCUT2D eigenvalue weighted by Gasteiger charge is -2.53. The molecule has 34 heavy (non-hydrogen) atoms. The van der Waals surface area contributed by atoms with E-state index in [2.05, 4.69) is 50.0 Å². The van der Waals surface area contributed by atoms with E-state index in [4.69, 9.17) is 16.7 Å². The summed E-state index contributed by atoms with van der Waals surface area (Å²) in [6, 6.07) is 24.1. The highest BCUT2D eigenvalue weighted by Gasteiger charge is 2.60. The number of para-hydroxylation sites is 1. The van der Waals surface area contributed by atoms with E-state index in [-0.39, 0.29) is 11.9 Å². The first-order valence-corrected chi connectivity index (χ1v) is 12.7. The third-order valence-corrected chi connectivity index (χ3v) is 8.14. The summed E-state index contributed by atoms with van der Waals surface area (Å²) < 4.78 is 1.03. The molecular formula is C27H24BrClN4O. The van der Waals surface area contributed by atoms with Gasteiger partial charge in [0.25, 0.3) is 5.91 Å². The molecule has 0 N–H and O–H groups in total. The van der Waals surface area contributed by atoms with Crippen LogP contribution in [0.25, 0.3) is 0 Å². The zero-order valence-corrected chi connectivity index (χ0v) is 21.1. The fourth-order valence-corrected chi connectivity index (χ4v) is 6.35. The normalized spacial score (nSPS) is 23.7. The quantitative estimate of drug-likeness (QED) is 0.419. The van der Waals surface area contributed by atoms with Gasteiger partial charge < -0.3 is 9.80 Å². The number of amides is 1. The number of piperazine rings is 1. The number of anilines is 3. The SMILES string of the molecule is CC1=NN(c2ccccc2)C(=O)[C@@]12Cc1cc(Br)ccc1N1CCN(c3cccc(Cl)c3)C[C@H]12. The van der Waals surface area contributed by atoms with Crippen molar-refractivity contribution in [2.45, 2.75) is 19.4 Å². The lowest BCUT2D eigenvalue weighted by molar-refractivity contribution is -0.125. The molecule has 3 aromatic carbocycles. The smallest absolute Gasteiger partial charge is 0.261 e. The van der Waals surface area contributed by atoms with Crippen LogP contribution in [0.4, 0.5) is 17.1 Å². The van der Waals surface area contributed by atoms with E-state index in [0.717, 1.165) is 46.2 Å². The number of halogens is 2. The molecule has 2 atom stereocenters. The number of rotatable bonds is 2. The average Bonchev–Trinajstić information content (AvgIpc) is 3.10. The predicted molar refractivity (Wildman–Crippen MR) is 142 cm³/mol. The van der Waals surface area contributed by atoms with Crippen LogP contribution >= 0.6 is 27.5 Å². The van der Waals surface area contributed by atoms with Crippen LogP contribution in [0.3, 0.4) is 0 Å². The van der Waals surface area contributed by atoms with Crippen molar-refractivity contribution < 1.29 is 4.79 Å². The molecule has 0 saturated carbocycles. The van der Waals surface area contributed by atoms with Gasteiger partial charge in [0.2, 0.25) is 0 Å². The summed E-state index contributed by atoms with van der Waals surface area (Å²) in [6.07, 6.45) is 0.629. The molecule has 3 aliphatic heterocycles. The minimum atomic E-state index is -0.735. The molecule has 1 fully saturated rings. The van der Waals surface area contributed by atoms with Crippen molar-refractivity contribution in [3.8, 4) is 0 Å². The molecular weight excluding hydrogens is 512 g/mol. The summed E-state index contributed by atoms with van der Waals surface area (Å²) in [6.45, 7) is 4.41. The average molecular weight is 536 g/mol. The van der Waals surface area contributed by atoms with E-state index in [0.29, 0.717) is 6.42 Å². The van der Waals surface area contributed by atoms with Gasteiger partial charge in [0.1, 0.15) is 5.41 Å². The van der Waals surface area contributed by atoms with E-state index in [1.807, 2.05) is 55.5 Å². The molecule has 0 bridgehead atoms. The first kappa shape index (κ1) is 21.7. The van der Waals surface area contributed by atoms with Crippen LogP contribution in [0.1, 0.15) is 12.5 Å². The van der Waals surface area contributed by atoms with Gasteiger partial charge in [0, 0.05) is 40.5 Å². The molecule has 1 saturated heterocycles. The second-order valence-corrected chi connectivity index (χ2v) is 10.5. The molecule has 7 heteroatoms. The molecule has 1 amide bonds. The van der Waals surface area contributed by atoms with Crippen molar-refractivity contribution in [2.75, 3.05) is 34.4 Å². The molecule has 172 valence electrons. The molecule has 0 unspecified atom stereocenters. The van der Waals surface area contributed by atoms with Crippen molar-refractivity contribution in [1.29, 1.82) is 0 Å². The Morgan fingerprint density at radius 2 is 1.79 bits per heavy atom. The number of nitrogens with zero attached hydrogens (tertiary/aromatic N) is 4. The molecule has 1 spiro atoms. The fourth-order valence-electron chi connectivity index (χ4n) is 5.75. The van der Waals surface area contributed by atoms with E-state index in [1.165, 1.54) is 11.3 Å². The Morgan fingerprint density at radius 3 is 2.59 bits per heavy atom. The van der Waals surface area contributed by atoms with E-state index in [1.54, 1.807) is 5.01 Å². The Labute approximate surface area is 212 Å². The van der Waals surface area contributed by atoms with Crippen LogP contribution in [0.2, 0.25) is 5.02 Å². The molecule has 3 aromatic rings. The third-order valence-electron chi connectivity index (χ3n) is 7.41. The summed E-state index contributed by atoms with van der Waals surface area (Å²) in [5, 5.41) is 7.16. The van der Waals surface area contributed by atoms with Crippen molar-refractivity contribution in [1.82, 2.24) is 0 Å². The van der Waals surface area contributed by atoms with Gasteiger partial charge in [-0.1, -0.05) is 51.8 Å². The lowest BCUT2D eigenvalue weighted by atomic mass is 9.67. The van der Waals surface area contributed by atoms with E-state index in [9.17, 15) is 4.79 Å². The number of benzene rings is 3. The highest BCUT2D eigenvalue weighted by atomic mass is 79.9. The largest absolute Gasteiger partial charge is 0.368 e. The van der Waals surface area contributed by atoms with Gasteiger partial charge in [0.05, 0.1) is 17.4 Å².